The molecule has 18 heavy (non-hydrogen) atoms. The molecular formula is C8H11BrN4O4S. The van der Waals surface area contributed by atoms with Gasteiger partial charge in [0.1, 0.15) is 0 Å². The van der Waals surface area contributed by atoms with Crippen LogP contribution in [0.15, 0.2) is 16.7 Å². The van der Waals surface area contributed by atoms with Gasteiger partial charge in [-0.15, -0.1) is 0 Å². The van der Waals surface area contributed by atoms with Crippen molar-refractivity contribution in [2.24, 2.45) is 5.14 Å². The molecule has 0 aliphatic heterocycles. The van der Waals surface area contributed by atoms with Crippen LogP contribution in [0.2, 0.25) is 0 Å². The highest BCUT2D eigenvalue weighted by Crippen LogP contribution is 2.25. The average Bonchev–Trinajstić information content (AvgIpc) is 2.25. The zero-order valence-corrected chi connectivity index (χ0v) is 11.7. The van der Waals surface area contributed by atoms with E-state index in [0.717, 1.165) is 0 Å². The lowest BCUT2D eigenvalue weighted by molar-refractivity contribution is -0.384. The Kier molecular flexibility index (Phi) is 4.59. The number of aromatic nitrogens is 1. The molecule has 10 heteroatoms. The molecule has 1 aromatic heterocycles. The van der Waals surface area contributed by atoms with E-state index in [1.807, 2.05) is 0 Å². The molecule has 0 amide bonds. The number of halogens is 1. The Labute approximate surface area is 112 Å². The van der Waals surface area contributed by atoms with Crippen molar-refractivity contribution in [3.05, 3.63) is 26.9 Å². The lowest BCUT2D eigenvalue weighted by Crippen LogP contribution is -2.32. The van der Waals surface area contributed by atoms with Gasteiger partial charge >= 0.3 is 5.69 Å². The molecule has 0 saturated heterocycles. The smallest absolute Gasteiger partial charge is 0.312 e. The molecule has 1 heterocycles. The van der Waals surface area contributed by atoms with Gasteiger partial charge in [0.05, 0.1) is 10.2 Å². The summed E-state index contributed by atoms with van der Waals surface area (Å²) in [5.74, 6) is -0.00120. The summed E-state index contributed by atoms with van der Waals surface area (Å²) >= 11 is 3.07. The first-order valence-electron chi connectivity index (χ1n) is 4.77. The van der Waals surface area contributed by atoms with Gasteiger partial charge in [0.25, 0.3) is 0 Å². The fourth-order valence-corrected chi connectivity index (χ4v) is 1.70. The second-order valence-corrected chi connectivity index (χ2v) is 6.46. The van der Waals surface area contributed by atoms with Crippen LogP contribution in [-0.4, -0.2) is 30.1 Å². The third kappa shape index (κ3) is 3.89. The molecule has 0 radical (unpaired) electrons. The quantitative estimate of drug-likeness (QED) is 0.604. The van der Waals surface area contributed by atoms with E-state index in [9.17, 15) is 18.5 Å². The molecule has 0 aliphatic rings. The number of nitro groups is 1. The summed E-state index contributed by atoms with van der Waals surface area (Å²) in [4.78, 5) is 14.0. The summed E-state index contributed by atoms with van der Waals surface area (Å²) in [6.07, 6.45) is 1.37. The monoisotopic (exact) mass is 338 g/mol. The van der Waals surface area contributed by atoms with Gasteiger partial charge < -0.3 is 5.32 Å². The van der Waals surface area contributed by atoms with Crippen LogP contribution in [0, 0.1) is 10.1 Å². The molecule has 0 aliphatic carbocycles. The van der Waals surface area contributed by atoms with Crippen LogP contribution < -0.4 is 10.5 Å². The van der Waals surface area contributed by atoms with Gasteiger partial charge in [-0.1, -0.05) is 0 Å². The van der Waals surface area contributed by atoms with Gasteiger partial charge in [0.15, 0.2) is 0 Å². The van der Waals surface area contributed by atoms with Crippen LogP contribution in [-0.2, 0) is 10.0 Å². The van der Waals surface area contributed by atoms with Gasteiger partial charge in [-0.3, -0.25) is 10.1 Å². The number of nitrogens with zero attached hydrogens (tertiary/aromatic N) is 2. The van der Waals surface area contributed by atoms with Gasteiger partial charge in [0.2, 0.25) is 15.8 Å². The predicted molar refractivity (Wildman–Crippen MR) is 69.7 cm³/mol. The molecule has 1 unspecified atom stereocenters. The second kappa shape index (κ2) is 5.59. The van der Waals surface area contributed by atoms with E-state index in [0.29, 0.717) is 4.47 Å². The Morgan fingerprint density at radius 3 is 2.78 bits per heavy atom. The van der Waals surface area contributed by atoms with Gasteiger partial charge in [-0.25, -0.2) is 18.5 Å². The van der Waals surface area contributed by atoms with Crippen LogP contribution in [0.3, 0.4) is 0 Å². The van der Waals surface area contributed by atoms with Gasteiger partial charge in [0, 0.05) is 23.3 Å². The minimum atomic E-state index is -3.68. The van der Waals surface area contributed by atoms with Crippen molar-refractivity contribution in [3.63, 3.8) is 0 Å². The van der Waals surface area contributed by atoms with Crippen LogP contribution in [0.25, 0.3) is 0 Å². The first-order valence-corrected chi connectivity index (χ1v) is 7.17. The molecule has 0 saturated carbocycles. The number of nitrogens with two attached hydrogens (primary N) is 1. The molecule has 0 aromatic carbocycles. The highest BCUT2D eigenvalue weighted by molar-refractivity contribution is 9.10. The number of pyridine rings is 1. The molecule has 1 aromatic rings. The highest BCUT2D eigenvalue weighted by atomic mass is 79.9. The molecular weight excluding hydrogens is 328 g/mol. The van der Waals surface area contributed by atoms with E-state index < -0.39 is 20.2 Å². The predicted octanol–water partition coefficient (Wildman–Crippen LogP) is 0.841. The molecule has 0 spiro atoms. The third-order valence-corrected chi connectivity index (χ3v) is 3.87. The Bertz CT molecular complexity index is 562. The van der Waals surface area contributed by atoms with Crippen molar-refractivity contribution in [1.82, 2.24) is 4.98 Å². The zero-order valence-electron chi connectivity index (χ0n) is 9.33. The van der Waals surface area contributed by atoms with Gasteiger partial charge in [-0.05, 0) is 22.9 Å². The average molecular weight is 339 g/mol. The van der Waals surface area contributed by atoms with Crippen LogP contribution in [0.4, 0.5) is 11.5 Å². The zero-order chi connectivity index (χ0) is 13.9. The molecule has 3 N–H and O–H groups in total. The number of primary sulfonamides is 1. The van der Waals surface area contributed by atoms with E-state index in [1.165, 1.54) is 19.2 Å². The van der Waals surface area contributed by atoms with E-state index in [2.05, 4.69) is 26.2 Å². The van der Waals surface area contributed by atoms with Crippen molar-refractivity contribution in [2.75, 3.05) is 11.9 Å². The van der Waals surface area contributed by atoms with E-state index >= 15 is 0 Å². The van der Waals surface area contributed by atoms with Crippen LogP contribution in [0.1, 0.15) is 6.92 Å². The summed E-state index contributed by atoms with van der Waals surface area (Å²) in [6, 6.07) is 1.27. The van der Waals surface area contributed by atoms with Crippen molar-refractivity contribution in [3.8, 4) is 0 Å². The summed E-state index contributed by atoms with van der Waals surface area (Å²) in [5.41, 5.74) is -0.244. The molecule has 8 nitrogen and oxygen atoms in total. The normalized spacial score (nSPS) is 13.1. The second-order valence-electron chi connectivity index (χ2n) is 3.56. The van der Waals surface area contributed by atoms with Crippen molar-refractivity contribution >= 4 is 37.5 Å². The van der Waals surface area contributed by atoms with Crippen molar-refractivity contribution in [2.45, 2.75) is 12.2 Å². The fraction of sp³-hybridized carbons (Fsp3) is 0.375. The van der Waals surface area contributed by atoms with Gasteiger partial charge in [-0.2, -0.15) is 0 Å². The Morgan fingerprint density at radius 2 is 2.28 bits per heavy atom. The molecule has 0 fully saturated rings. The van der Waals surface area contributed by atoms with Crippen LogP contribution >= 0.6 is 15.9 Å². The lowest BCUT2D eigenvalue weighted by Gasteiger charge is -2.10. The standard InChI is InChI=1S/C8H11BrN4O4S/c1-5(18(10,16)17)3-11-8-7(13(14)15)2-6(9)4-12-8/h2,4-5H,3H2,1H3,(H,11,12)(H2,10,16,17). The summed E-state index contributed by atoms with van der Waals surface area (Å²) in [6.45, 7) is 1.33. The number of rotatable bonds is 5. The van der Waals surface area contributed by atoms with E-state index in [1.54, 1.807) is 0 Å². The number of hydrogen-bond donors (Lipinski definition) is 2. The summed E-state index contributed by atoms with van der Waals surface area (Å²) in [7, 11) is -3.68. The number of sulfonamides is 1. The summed E-state index contributed by atoms with van der Waals surface area (Å²) in [5, 5.41) is 17.4. The Morgan fingerprint density at radius 1 is 1.67 bits per heavy atom. The maximum atomic E-state index is 11.0. The Hall–Kier alpha value is -1.26. The summed E-state index contributed by atoms with van der Waals surface area (Å²) < 4.78 is 22.5. The minimum Gasteiger partial charge on any atom is -0.363 e. The number of hydrogen-bond acceptors (Lipinski definition) is 6. The Balaban J connectivity index is 2.89. The van der Waals surface area contributed by atoms with Crippen molar-refractivity contribution in [1.29, 1.82) is 0 Å². The SMILES string of the molecule is CC(CNc1ncc(Br)cc1[N+](=O)[O-])S(N)(=O)=O. The van der Waals surface area contributed by atoms with E-state index in [-0.39, 0.29) is 18.1 Å². The van der Waals surface area contributed by atoms with Crippen LogP contribution in [0.5, 0.6) is 0 Å². The molecule has 1 rings (SSSR count). The molecule has 100 valence electrons. The molecule has 0 bridgehead atoms. The number of anilines is 1. The fourth-order valence-electron chi connectivity index (χ4n) is 1.06. The largest absolute Gasteiger partial charge is 0.363 e. The maximum absolute atomic E-state index is 11.0. The lowest BCUT2D eigenvalue weighted by atomic mass is 10.4. The topological polar surface area (TPSA) is 128 Å². The molecule has 1 atom stereocenters. The van der Waals surface area contributed by atoms with Crippen molar-refractivity contribution < 1.29 is 13.3 Å². The number of nitrogens with one attached hydrogen (secondary N) is 1. The third-order valence-electron chi connectivity index (χ3n) is 2.15. The maximum Gasteiger partial charge on any atom is 0.312 e. The first-order chi connectivity index (χ1) is 8.21. The van der Waals surface area contributed by atoms with E-state index in [4.69, 9.17) is 5.14 Å². The highest BCUT2D eigenvalue weighted by Gasteiger charge is 2.19. The minimum absolute atomic E-state index is 0.00120. The first kappa shape index (κ1) is 14.8.